The maximum atomic E-state index is 5.81. The van der Waals surface area contributed by atoms with Crippen LogP contribution in [-0.4, -0.2) is 21.1 Å². The van der Waals surface area contributed by atoms with Crippen LogP contribution in [0.1, 0.15) is 0 Å². The third kappa shape index (κ3) is 2.23. The maximum absolute atomic E-state index is 5.81. The summed E-state index contributed by atoms with van der Waals surface area (Å²) in [5, 5.41) is 0. The van der Waals surface area contributed by atoms with Crippen molar-refractivity contribution < 1.29 is 4.74 Å². The molecule has 1 aliphatic heterocycles. The first-order chi connectivity index (χ1) is 10.3. The summed E-state index contributed by atoms with van der Waals surface area (Å²) in [7, 11) is 0. The molecule has 2 aromatic heterocycles. The summed E-state index contributed by atoms with van der Waals surface area (Å²) in [6.07, 6.45) is 3.83. The molecule has 0 atom stereocenters. The van der Waals surface area contributed by atoms with Gasteiger partial charge in [0.15, 0.2) is 0 Å². The smallest absolute Gasteiger partial charge is 0.144 e. The van der Waals surface area contributed by atoms with E-state index in [0.29, 0.717) is 6.61 Å². The van der Waals surface area contributed by atoms with E-state index in [0.717, 1.165) is 39.5 Å². The normalized spacial score (nSPS) is 13.0. The summed E-state index contributed by atoms with van der Waals surface area (Å²) in [5.74, 6) is 1.79. The van der Waals surface area contributed by atoms with Crippen molar-refractivity contribution in [3.8, 4) is 28.5 Å². The van der Waals surface area contributed by atoms with Gasteiger partial charge >= 0.3 is 0 Å². The first kappa shape index (κ1) is 12.6. The Morgan fingerprint density at radius 2 is 2.10 bits per heavy atom. The molecule has 0 spiro atoms. The number of rotatable bonds is 1. The van der Waals surface area contributed by atoms with Crippen LogP contribution in [0.15, 0.2) is 53.3 Å². The summed E-state index contributed by atoms with van der Waals surface area (Å²) in [5.41, 5.74) is 2.79. The Labute approximate surface area is 130 Å². The molecular weight excluding hydrogens is 330 g/mol. The molecule has 4 nitrogen and oxygen atoms in total. The molecule has 3 heterocycles. The zero-order chi connectivity index (χ0) is 14.2. The van der Waals surface area contributed by atoms with E-state index in [1.54, 1.807) is 6.20 Å². The second-order valence-corrected chi connectivity index (χ2v) is 5.76. The van der Waals surface area contributed by atoms with E-state index in [-0.39, 0.29) is 0 Å². The first-order valence-corrected chi connectivity index (χ1v) is 7.52. The fourth-order valence-electron chi connectivity index (χ4n) is 2.49. The van der Waals surface area contributed by atoms with Gasteiger partial charge in [0.25, 0.3) is 0 Å². The summed E-state index contributed by atoms with van der Waals surface area (Å²) in [4.78, 5) is 9.13. The van der Waals surface area contributed by atoms with Crippen LogP contribution in [-0.2, 0) is 6.54 Å². The molecule has 5 heteroatoms. The number of imidazole rings is 1. The van der Waals surface area contributed by atoms with Crippen LogP contribution >= 0.6 is 15.9 Å². The van der Waals surface area contributed by atoms with E-state index in [9.17, 15) is 0 Å². The number of ether oxygens (including phenoxy) is 1. The highest BCUT2D eigenvalue weighted by Crippen LogP contribution is 2.35. The molecule has 0 amide bonds. The third-order valence-corrected chi connectivity index (χ3v) is 3.97. The molecule has 1 aliphatic rings. The van der Waals surface area contributed by atoms with Crippen molar-refractivity contribution in [3.05, 3.63) is 53.3 Å². The zero-order valence-corrected chi connectivity index (χ0v) is 12.7. The highest BCUT2D eigenvalue weighted by molar-refractivity contribution is 9.10. The minimum atomic E-state index is 0.633. The van der Waals surface area contributed by atoms with Gasteiger partial charge in [0.05, 0.1) is 17.8 Å². The molecule has 0 unspecified atom stereocenters. The lowest BCUT2D eigenvalue weighted by Gasteiger charge is -2.06. The van der Waals surface area contributed by atoms with E-state index in [4.69, 9.17) is 9.72 Å². The number of aromatic nitrogens is 3. The van der Waals surface area contributed by atoms with Crippen LogP contribution in [0, 0.1) is 0 Å². The van der Waals surface area contributed by atoms with Gasteiger partial charge in [-0.15, -0.1) is 0 Å². The number of pyridine rings is 1. The molecule has 3 aromatic rings. The van der Waals surface area contributed by atoms with Crippen LogP contribution < -0.4 is 4.74 Å². The average molecular weight is 342 g/mol. The Hall–Kier alpha value is -2.14. The van der Waals surface area contributed by atoms with Crippen LogP contribution in [0.3, 0.4) is 0 Å². The van der Waals surface area contributed by atoms with Gasteiger partial charge in [0.1, 0.15) is 23.9 Å². The maximum Gasteiger partial charge on any atom is 0.144 e. The summed E-state index contributed by atoms with van der Waals surface area (Å²) in [6.45, 7) is 1.41. The van der Waals surface area contributed by atoms with Crippen molar-refractivity contribution in [2.75, 3.05) is 6.61 Å². The van der Waals surface area contributed by atoms with Crippen LogP contribution in [0.4, 0.5) is 0 Å². The molecular formula is C16H12BrN3O. The second kappa shape index (κ2) is 5.00. The first-order valence-electron chi connectivity index (χ1n) is 6.72. The summed E-state index contributed by atoms with van der Waals surface area (Å²) < 4.78 is 8.94. The Kier molecular flexibility index (Phi) is 3.00. The molecule has 0 N–H and O–H groups in total. The number of benzene rings is 1. The Morgan fingerprint density at radius 1 is 1.14 bits per heavy atom. The van der Waals surface area contributed by atoms with Crippen molar-refractivity contribution in [2.24, 2.45) is 0 Å². The second-order valence-electron chi connectivity index (χ2n) is 4.85. The monoisotopic (exact) mass is 341 g/mol. The molecule has 0 saturated carbocycles. The molecule has 0 saturated heterocycles. The Balaban J connectivity index is 1.88. The Bertz CT molecular complexity index is 799. The topological polar surface area (TPSA) is 39.9 Å². The molecule has 4 rings (SSSR count). The number of hydrogen-bond acceptors (Lipinski definition) is 3. The van der Waals surface area contributed by atoms with Gasteiger partial charge in [0.2, 0.25) is 0 Å². The van der Waals surface area contributed by atoms with Gasteiger partial charge < -0.3 is 9.30 Å². The fraction of sp³-hybridized carbons (Fsp3) is 0.125. The van der Waals surface area contributed by atoms with Gasteiger partial charge in [0, 0.05) is 16.9 Å². The largest absolute Gasteiger partial charge is 0.491 e. The number of fused-ring (bicyclic) bond motifs is 3. The lowest BCUT2D eigenvalue weighted by molar-refractivity contribution is 0.306. The molecule has 21 heavy (non-hydrogen) atoms. The molecule has 104 valence electrons. The molecule has 0 radical (unpaired) electrons. The van der Waals surface area contributed by atoms with Crippen molar-refractivity contribution in [3.63, 3.8) is 0 Å². The van der Waals surface area contributed by atoms with Crippen LogP contribution in [0.2, 0.25) is 0 Å². The quantitative estimate of drug-likeness (QED) is 0.676. The lowest BCUT2D eigenvalue weighted by Crippen LogP contribution is -2.04. The van der Waals surface area contributed by atoms with Crippen LogP contribution in [0.5, 0.6) is 5.75 Å². The Morgan fingerprint density at radius 3 is 2.95 bits per heavy atom. The van der Waals surface area contributed by atoms with Crippen LogP contribution in [0.25, 0.3) is 22.8 Å². The van der Waals surface area contributed by atoms with E-state index in [1.807, 2.05) is 42.6 Å². The number of halogens is 1. The molecule has 0 aliphatic carbocycles. The predicted molar refractivity (Wildman–Crippen MR) is 84.1 cm³/mol. The highest BCUT2D eigenvalue weighted by Gasteiger charge is 2.19. The fourth-order valence-corrected chi connectivity index (χ4v) is 2.83. The summed E-state index contributed by atoms with van der Waals surface area (Å²) >= 11 is 3.48. The third-order valence-electron chi connectivity index (χ3n) is 3.48. The van der Waals surface area contributed by atoms with Crippen molar-refractivity contribution in [2.45, 2.75) is 6.54 Å². The van der Waals surface area contributed by atoms with E-state index < -0.39 is 0 Å². The SMILES string of the molecule is Brc1ccc2c(c1)OCCn1cc(-c3ccccn3)nc1-2. The zero-order valence-electron chi connectivity index (χ0n) is 11.2. The van der Waals surface area contributed by atoms with Crippen molar-refractivity contribution in [1.29, 1.82) is 0 Å². The van der Waals surface area contributed by atoms with Gasteiger partial charge in [-0.2, -0.15) is 0 Å². The molecule has 0 fully saturated rings. The van der Waals surface area contributed by atoms with Gasteiger partial charge in [-0.1, -0.05) is 22.0 Å². The van der Waals surface area contributed by atoms with E-state index in [1.165, 1.54) is 0 Å². The molecule has 0 bridgehead atoms. The minimum Gasteiger partial charge on any atom is -0.491 e. The standard InChI is InChI=1S/C16H12BrN3O/c17-11-4-5-12-15(9-11)21-8-7-20-10-14(19-16(12)20)13-3-1-2-6-18-13/h1-6,9-10H,7-8H2. The van der Waals surface area contributed by atoms with E-state index in [2.05, 4.69) is 25.5 Å². The number of hydrogen-bond donors (Lipinski definition) is 0. The van der Waals surface area contributed by atoms with Gasteiger partial charge in [-0.3, -0.25) is 4.98 Å². The number of nitrogens with zero attached hydrogens (tertiary/aromatic N) is 3. The van der Waals surface area contributed by atoms with Crippen molar-refractivity contribution >= 4 is 15.9 Å². The van der Waals surface area contributed by atoms with Gasteiger partial charge in [-0.25, -0.2) is 4.98 Å². The predicted octanol–water partition coefficient (Wildman–Crippen LogP) is 3.77. The van der Waals surface area contributed by atoms with Gasteiger partial charge in [-0.05, 0) is 30.3 Å². The summed E-state index contributed by atoms with van der Waals surface area (Å²) in [6, 6.07) is 11.9. The lowest BCUT2D eigenvalue weighted by atomic mass is 10.2. The van der Waals surface area contributed by atoms with Crippen molar-refractivity contribution in [1.82, 2.24) is 14.5 Å². The minimum absolute atomic E-state index is 0.633. The average Bonchev–Trinajstić information content (AvgIpc) is 2.85. The van der Waals surface area contributed by atoms with E-state index >= 15 is 0 Å². The molecule has 1 aromatic carbocycles. The highest BCUT2D eigenvalue weighted by atomic mass is 79.9.